The maximum Gasteiger partial charge on any atom is 0.231 e. The van der Waals surface area contributed by atoms with E-state index in [2.05, 4.69) is 13.8 Å². The summed E-state index contributed by atoms with van der Waals surface area (Å²) in [5, 5.41) is 0. The molecule has 0 aliphatic carbocycles. The Hall–Kier alpha value is -1.42. The molecule has 4 nitrogen and oxygen atoms in total. The molecule has 1 aromatic carbocycles. The molecule has 1 aromatic rings. The topological polar surface area (TPSA) is 53.7 Å². The van der Waals surface area contributed by atoms with E-state index in [9.17, 15) is 0 Å². The van der Waals surface area contributed by atoms with Crippen molar-refractivity contribution < 1.29 is 14.2 Å². The molecular weight excluding hydrogens is 218 g/mol. The maximum atomic E-state index is 5.88. The van der Waals surface area contributed by atoms with Gasteiger partial charge in [0.05, 0.1) is 6.10 Å². The third-order valence-corrected chi connectivity index (χ3v) is 2.87. The van der Waals surface area contributed by atoms with Gasteiger partial charge in [-0.2, -0.15) is 0 Å². The van der Waals surface area contributed by atoms with Crippen LogP contribution < -0.4 is 19.9 Å². The number of ether oxygens (including phenoxy) is 3. The summed E-state index contributed by atoms with van der Waals surface area (Å²) in [4.78, 5) is 0. The Morgan fingerprint density at radius 1 is 1.35 bits per heavy atom. The van der Waals surface area contributed by atoms with Crippen molar-refractivity contribution in [3.8, 4) is 17.2 Å². The molecule has 0 fully saturated rings. The minimum atomic E-state index is 0.187. The molecule has 0 saturated carbocycles. The van der Waals surface area contributed by atoms with E-state index in [1.165, 1.54) is 0 Å². The average molecular weight is 237 g/mol. The summed E-state index contributed by atoms with van der Waals surface area (Å²) in [5.74, 6) is 2.39. The smallest absolute Gasteiger partial charge is 0.231 e. The van der Waals surface area contributed by atoms with Crippen molar-refractivity contribution in [3.63, 3.8) is 0 Å². The van der Waals surface area contributed by atoms with Crippen molar-refractivity contribution >= 4 is 0 Å². The molecule has 1 heterocycles. The zero-order valence-corrected chi connectivity index (χ0v) is 10.4. The summed E-state index contributed by atoms with van der Waals surface area (Å²) in [6, 6.07) is 3.87. The number of fused-ring (bicyclic) bond motifs is 1. The van der Waals surface area contributed by atoms with Crippen LogP contribution in [0.1, 0.15) is 25.8 Å². The Labute approximate surface area is 102 Å². The van der Waals surface area contributed by atoms with Crippen LogP contribution in [-0.2, 0) is 6.42 Å². The Morgan fingerprint density at radius 2 is 2.06 bits per heavy atom. The number of rotatable bonds is 5. The third-order valence-electron chi connectivity index (χ3n) is 2.87. The van der Waals surface area contributed by atoms with E-state index in [-0.39, 0.29) is 12.9 Å². The normalized spacial score (nSPS) is 14.8. The molecule has 94 valence electrons. The molecule has 17 heavy (non-hydrogen) atoms. The quantitative estimate of drug-likeness (QED) is 0.852. The van der Waals surface area contributed by atoms with Gasteiger partial charge in [0, 0.05) is 6.07 Å². The lowest BCUT2D eigenvalue weighted by molar-refractivity contribution is 0.173. The Bertz CT molecular complexity index is 392. The molecule has 4 heteroatoms. The van der Waals surface area contributed by atoms with Crippen molar-refractivity contribution in [2.75, 3.05) is 13.3 Å². The monoisotopic (exact) mass is 237 g/mol. The van der Waals surface area contributed by atoms with Crippen LogP contribution in [0, 0.1) is 0 Å². The van der Waals surface area contributed by atoms with Crippen molar-refractivity contribution in [1.29, 1.82) is 0 Å². The van der Waals surface area contributed by atoms with Crippen molar-refractivity contribution in [1.82, 2.24) is 0 Å². The fourth-order valence-corrected chi connectivity index (χ4v) is 1.73. The second-order valence-electron chi connectivity index (χ2n) is 4.19. The Morgan fingerprint density at radius 3 is 2.71 bits per heavy atom. The van der Waals surface area contributed by atoms with Gasteiger partial charge in [-0.25, -0.2) is 0 Å². The molecule has 0 spiro atoms. The van der Waals surface area contributed by atoms with Crippen molar-refractivity contribution in [2.45, 2.75) is 32.8 Å². The van der Waals surface area contributed by atoms with Crippen LogP contribution in [0.2, 0.25) is 0 Å². The largest absolute Gasteiger partial charge is 0.490 e. The van der Waals surface area contributed by atoms with Gasteiger partial charge in [-0.1, -0.05) is 6.92 Å². The SMILES string of the molecule is CCC(C)Oc1cc2c(cc1CCN)OCO2. The van der Waals surface area contributed by atoms with E-state index >= 15 is 0 Å². The zero-order valence-electron chi connectivity index (χ0n) is 10.4. The number of hydrogen-bond donors (Lipinski definition) is 1. The predicted molar refractivity (Wildman–Crippen MR) is 65.7 cm³/mol. The molecule has 0 amide bonds. The van der Waals surface area contributed by atoms with E-state index < -0.39 is 0 Å². The van der Waals surface area contributed by atoms with E-state index in [0.29, 0.717) is 6.54 Å². The minimum absolute atomic E-state index is 0.187. The fraction of sp³-hybridized carbons (Fsp3) is 0.538. The summed E-state index contributed by atoms with van der Waals surface area (Å²) in [6.45, 7) is 5.03. The third kappa shape index (κ3) is 2.64. The molecule has 1 atom stereocenters. The van der Waals surface area contributed by atoms with Gasteiger partial charge in [-0.05, 0) is 37.9 Å². The molecule has 2 N–H and O–H groups in total. The molecule has 1 aliphatic heterocycles. The first kappa shape index (κ1) is 12.0. The standard InChI is InChI=1S/C13H19NO3/c1-3-9(2)17-11-7-13-12(15-8-16-13)6-10(11)4-5-14/h6-7,9H,3-5,8,14H2,1-2H3. The molecule has 1 aliphatic rings. The minimum Gasteiger partial charge on any atom is -0.490 e. The number of hydrogen-bond acceptors (Lipinski definition) is 4. The second kappa shape index (κ2) is 5.27. The number of benzene rings is 1. The van der Waals surface area contributed by atoms with Gasteiger partial charge in [0.2, 0.25) is 6.79 Å². The Balaban J connectivity index is 2.27. The summed E-state index contributed by atoms with van der Waals surface area (Å²) in [6.07, 6.45) is 1.94. The van der Waals surface area contributed by atoms with Gasteiger partial charge in [-0.3, -0.25) is 0 Å². The van der Waals surface area contributed by atoms with Gasteiger partial charge in [0.15, 0.2) is 11.5 Å². The fourth-order valence-electron chi connectivity index (χ4n) is 1.73. The molecule has 0 saturated heterocycles. The van der Waals surface area contributed by atoms with Gasteiger partial charge in [0.25, 0.3) is 0 Å². The predicted octanol–water partition coefficient (Wildman–Crippen LogP) is 2.09. The van der Waals surface area contributed by atoms with Crippen LogP contribution in [0.15, 0.2) is 12.1 Å². The van der Waals surface area contributed by atoms with Crippen LogP contribution in [0.3, 0.4) is 0 Å². The summed E-state index contributed by atoms with van der Waals surface area (Å²) in [5.41, 5.74) is 6.69. The molecule has 0 bridgehead atoms. The van der Waals surface area contributed by atoms with E-state index in [0.717, 1.165) is 35.7 Å². The van der Waals surface area contributed by atoms with Gasteiger partial charge in [0.1, 0.15) is 5.75 Å². The summed E-state index contributed by atoms with van der Waals surface area (Å²) < 4.78 is 16.6. The molecule has 1 unspecified atom stereocenters. The van der Waals surface area contributed by atoms with Gasteiger partial charge >= 0.3 is 0 Å². The van der Waals surface area contributed by atoms with Crippen LogP contribution in [0.4, 0.5) is 0 Å². The highest BCUT2D eigenvalue weighted by atomic mass is 16.7. The molecule has 0 radical (unpaired) electrons. The first-order valence-corrected chi connectivity index (χ1v) is 6.03. The first-order valence-electron chi connectivity index (χ1n) is 6.03. The van der Waals surface area contributed by atoms with Crippen LogP contribution >= 0.6 is 0 Å². The van der Waals surface area contributed by atoms with Crippen molar-refractivity contribution in [3.05, 3.63) is 17.7 Å². The van der Waals surface area contributed by atoms with Gasteiger partial charge in [-0.15, -0.1) is 0 Å². The van der Waals surface area contributed by atoms with Crippen LogP contribution in [0.25, 0.3) is 0 Å². The van der Waals surface area contributed by atoms with E-state index in [1.807, 2.05) is 12.1 Å². The second-order valence-corrected chi connectivity index (χ2v) is 4.19. The average Bonchev–Trinajstić information content (AvgIpc) is 2.76. The number of nitrogens with two attached hydrogens (primary N) is 1. The summed E-state index contributed by atoms with van der Waals surface area (Å²) >= 11 is 0. The Kier molecular flexibility index (Phi) is 3.74. The van der Waals surface area contributed by atoms with E-state index in [1.54, 1.807) is 0 Å². The van der Waals surface area contributed by atoms with Crippen LogP contribution in [0.5, 0.6) is 17.2 Å². The van der Waals surface area contributed by atoms with Gasteiger partial charge < -0.3 is 19.9 Å². The van der Waals surface area contributed by atoms with E-state index in [4.69, 9.17) is 19.9 Å². The lowest BCUT2D eigenvalue weighted by Gasteiger charge is -2.16. The summed E-state index contributed by atoms with van der Waals surface area (Å²) in [7, 11) is 0. The zero-order chi connectivity index (χ0) is 12.3. The highest BCUT2D eigenvalue weighted by Crippen LogP contribution is 2.38. The molecular formula is C13H19NO3. The lowest BCUT2D eigenvalue weighted by Crippen LogP contribution is -2.12. The molecule has 2 rings (SSSR count). The highest BCUT2D eigenvalue weighted by molar-refractivity contribution is 5.52. The first-order chi connectivity index (χ1) is 8.24. The molecule has 0 aromatic heterocycles. The highest BCUT2D eigenvalue weighted by Gasteiger charge is 2.18. The van der Waals surface area contributed by atoms with Crippen LogP contribution in [-0.4, -0.2) is 19.4 Å². The van der Waals surface area contributed by atoms with Crippen molar-refractivity contribution in [2.24, 2.45) is 5.73 Å². The maximum absolute atomic E-state index is 5.88. The lowest BCUT2D eigenvalue weighted by atomic mass is 10.1.